The SMILES string of the molecule is C=C(C)[N+]1(OC(=O)O)C(=O)CCC1=O. The number of likely N-dealkylation sites (tertiary alicyclic amines) is 1. The minimum absolute atomic E-state index is 0.0149. The number of imide groups is 1. The number of nitrogens with zero attached hydrogens (tertiary/aromatic N) is 1. The van der Waals surface area contributed by atoms with Gasteiger partial charge in [0.2, 0.25) is 0 Å². The van der Waals surface area contributed by atoms with Gasteiger partial charge in [0.25, 0.3) is 0 Å². The zero-order valence-corrected chi connectivity index (χ0v) is 7.65. The van der Waals surface area contributed by atoms with Gasteiger partial charge in [-0.05, 0) is 6.58 Å². The molecule has 0 atom stereocenters. The molecule has 1 aliphatic rings. The molecule has 2 amide bonds. The molecule has 0 aliphatic carbocycles. The van der Waals surface area contributed by atoms with Gasteiger partial charge in [-0.25, -0.2) is 14.4 Å². The van der Waals surface area contributed by atoms with Crippen molar-refractivity contribution in [1.82, 2.24) is 0 Å². The highest BCUT2D eigenvalue weighted by Crippen LogP contribution is 2.28. The van der Waals surface area contributed by atoms with Crippen molar-refractivity contribution in [2.75, 3.05) is 0 Å². The number of rotatable bonds is 2. The van der Waals surface area contributed by atoms with E-state index in [1.165, 1.54) is 6.92 Å². The van der Waals surface area contributed by atoms with Crippen LogP contribution in [-0.4, -0.2) is 27.7 Å². The normalized spacial score (nSPS) is 19.5. The second kappa shape index (κ2) is 3.22. The van der Waals surface area contributed by atoms with Gasteiger partial charge in [-0.3, -0.25) is 0 Å². The standard InChI is InChI=1S/C8H9NO5/c1-5(2)9(14-8(12)13)6(10)3-4-7(9)11/h1,3-4H2,2H3/p+1. The van der Waals surface area contributed by atoms with Gasteiger partial charge >= 0.3 is 18.0 Å². The Morgan fingerprint density at radius 3 is 2.14 bits per heavy atom. The molecular weight excluding hydrogens is 190 g/mol. The van der Waals surface area contributed by atoms with Crippen molar-refractivity contribution in [2.24, 2.45) is 0 Å². The third-order valence-electron chi connectivity index (χ3n) is 2.01. The average molecular weight is 200 g/mol. The molecule has 0 aromatic rings. The van der Waals surface area contributed by atoms with Gasteiger partial charge in [-0.1, -0.05) is 0 Å². The Kier molecular flexibility index (Phi) is 2.39. The molecule has 6 nitrogen and oxygen atoms in total. The monoisotopic (exact) mass is 200 g/mol. The zero-order chi connectivity index (χ0) is 10.9. The van der Waals surface area contributed by atoms with Gasteiger partial charge in [0.1, 0.15) is 0 Å². The fourth-order valence-corrected chi connectivity index (χ4v) is 1.39. The average Bonchev–Trinajstić information content (AvgIpc) is 2.32. The van der Waals surface area contributed by atoms with E-state index in [4.69, 9.17) is 5.11 Å². The maximum Gasteiger partial charge on any atom is 0.558 e. The quantitative estimate of drug-likeness (QED) is 0.526. The minimum atomic E-state index is -1.67. The number of amides is 2. The van der Waals surface area contributed by atoms with Crippen LogP contribution in [-0.2, 0) is 14.4 Å². The van der Waals surface area contributed by atoms with Crippen molar-refractivity contribution >= 4 is 18.0 Å². The van der Waals surface area contributed by atoms with Crippen LogP contribution < -0.4 is 0 Å². The van der Waals surface area contributed by atoms with E-state index in [-0.39, 0.29) is 18.5 Å². The van der Waals surface area contributed by atoms with Crippen LogP contribution in [0.2, 0.25) is 0 Å². The van der Waals surface area contributed by atoms with Gasteiger partial charge in [-0.15, -0.1) is 0 Å². The van der Waals surface area contributed by atoms with Crippen LogP contribution in [0.5, 0.6) is 0 Å². The Morgan fingerprint density at radius 1 is 1.43 bits per heavy atom. The van der Waals surface area contributed by atoms with Crippen LogP contribution in [0, 0.1) is 0 Å². The lowest BCUT2D eigenvalue weighted by Gasteiger charge is -2.22. The first-order chi connectivity index (χ1) is 6.41. The molecule has 0 aromatic carbocycles. The van der Waals surface area contributed by atoms with Crippen LogP contribution in [0.25, 0.3) is 0 Å². The van der Waals surface area contributed by atoms with Gasteiger partial charge in [0.15, 0.2) is 5.70 Å². The summed E-state index contributed by atoms with van der Waals surface area (Å²) in [4.78, 5) is 37.5. The summed E-state index contributed by atoms with van der Waals surface area (Å²) < 4.78 is -1.21. The minimum Gasteiger partial charge on any atom is -0.446 e. The zero-order valence-electron chi connectivity index (χ0n) is 7.65. The number of carboxylic acid groups (broad SMARTS) is 1. The Labute approximate surface area is 79.9 Å². The summed E-state index contributed by atoms with van der Waals surface area (Å²) in [5, 5.41) is 8.44. The molecule has 1 heterocycles. The summed E-state index contributed by atoms with van der Waals surface area (Å²) in [5.41, 5.74) is 0.0555. The Bertz CT molecular complexity index is 317. The molecule has 1 rings (SSSR count). The highest BCUT2D eigenvalue weighted by Gasteiger charge is 2.56. The molecule has 0 unspecified atom stereocenters. The molecule has 1 N–H and O–H groups in total. The van der Waals surface area contributed by atoms with Crippen molar-refractivity contribution in [3.05, 3.63) is 12.3 Å². The van der Waals surface area contributed by atoms with Crippen molar-refractivity contribution in [3.8, 4) is 0 Å². The van der Waals surface area contributed by atoms with Gasteiger partial charge in [0, 0.05) is 11.6 Å². The molecule has 0 radical (unpaired) electrons. The summed E-state index contributed by atoms with van der Waals surface area (Å²) in [7, 11) is 0. The molecule has 0 spiro atoms. The van der Waals surface area contributed by atoms with Gasteiger partial charge in [-0.2, -0.15) is 4.79 Å². The summed E-state index contributed by atoms with van der Waals surface area (Å²) >= 11 is 0. The molecule has 0 saturated carbocycles. The van der Waals surface area contributed by atoms with Crippen molar-refractivity contribution in [1.29, 1.82) is 0 Å². The number of carbonyl (C=O) groups excluding carboxylic acids is 2. The maximum absolute atomic E-state index is 11.4. The van der Waals surface area contributed by atoms with Crippen LogP contribution in [0.3, 0.4) is 0 Å². The molecule has 1 fully saturated rings. The predicted molar refractivity (Wildman–Crippen MR) is 43.4 cm³/mol. The van der Waals surface area contributed by atoms with Crippen LogP contribution in [0.4, 0.5) is 4.79 Å². The third-order valence-corrected chi connectivity index (χ3v) is 2.01. The lowest BCUT2D eigenvalue weighted by atomic mass is 10.4. The van der Waals surface area contributed by atoms with E-state index in [1.807, 2.05) is 0 Å². The summed E-state index contributed by atoms with van der Waals surface area (Å²) in [6.45, 7) is 4.78. The fourth-order valence-electron chi connectivity index (χ4n) is 1.39. The lowest BCUT2D eigenvalue weighted by Crippen LogP contribution is -2.51. The highest BCUT2D eigenvalue weighted by molar-refractivity contribution is 5.92. The number of quaternary nitrogens is 1. The number of hydroxylamine groups is 3. The van der Waals surface area contributed by atoms with Crippen LogP contribution in [0.15, 0.2) is 12.3 Å². The molecule has 76 valence electrons. The Balaban J connectivity index is 3.14. The van der Waals surface area contributed by atoms with Crippen molar-refractivity contribution < 1.29 is 29.0 Å². The number of hydrogen-bond donors (Lipinski definition) is 1. The van der Waals surface area contributed by atoms with Crippen LogP contribution in [0.1, 0.15) is 19.8 Å². The third kappa shape index (κ3) is 1.29. The first kappa shape index (κ1) is 10.4. The predicted octanol–water partition coefficient (Wildman–Crippen LogP) is 0.793. The molecule has 6 heteroatoms. The van der Waals surface area contributed by atoms with E-state index in [1.54, 1.807) is 0 Å². The summed E-state index contributed by atoms with van der Waals surface area (Å²) in [6, 6.07) is 0. The second-order valence-corrected chi connectivity index (χ2v) is 2.99. The topological polar surface area (TPSA) is 80.7 Å². The number of allylic oxidation sites excluding steroid dienone is 1. The molecule has 1 saturated heterocycles. The molecular formula is C8H10NO5+. The largest absolute Gasteiger partial charge is 0.558 e. The van der Waals surface area contributed by atoms with Crippen LogP contribution >= 0.6 is 0 Å². The molecule has 0 aromatic heterocycles. The van der Waals surface area contributed by atoms with E-state index < -0.39 is 22.6 Å². The van der Waals surface area contributed by atoms with E-state index in [9.17, 15) is 14.4 Å². The van der Waals surface area contributed by atoms with E-state index in [0.717, 1.165) is 0 Å². The first-order valence-corrected chi connectivity index (χ1v) is 3.95. The fraction of sp³-hybridized carbons (Fsp3) is 0.375. The summed E-state index contributed by atoms with van der Waals surface area (Å²) in [5.74, 6) is -1.19. The van der Waals surface area contributed by atoms with Crippen molar-refractivity contribution in [2.45, 2.75) is 19.8 Å². The smallest absolute Gasteiger partial charge is 0.446 e. The van der Waals surface area contributed by atoms with E-state index in [2.05, 4.69) is 11.4 Å². The first-order valence-electron chi connectivity index (χ1n) is 3.95. The highest BCUT2D eigenvalue weighted by atomic mass is 16.8. The number of hydrogen-bond acceptors (Lipinski definition) is 4. The Morgan fingerprint density at radius 2 is 1.86 bits per heavy atom. The molecule has 0 bridgehead atoms. The van der Waals surface area contributed by atoms with E-state index in [0.29, 0.717) is 0 Å². The molecule has 1 aliphatic heterocycles. The number of carbonyl (C=O) groups is 3. The van der Waals surface area contributed by atoms with E-state index >= 15 is 0 Å². The Hall–Kier alpha value is -1.69. The second-order valence-electron chi connectivity index (χ2n) is 2.99. The summed E-state index contributed by atoms with van der Waals surface area (Å²) in [6.07, 6.45) is -1.70. The van der Waals surface area contributed by atoms with Gasteiger partial charge < -0.3 is 5.11 Å². The molecule has 14 heavy (non-hydrogen) atoms. The van der Waals surface area contributed by atoms with Gasteiger partial charge in [0.05, 0.1) is 12.8 Å². The maximum atomic E-state index is 11.4. The lowest BCUT2D eigenvalue weighted by molar-refractivity contribution is -0.926. The van der Waals surface area contributed by atoms with Crippen molar-refractivity contribution in [3.63, 3.8) is 0 Å².